The molecule has 0 fully saturated rings. The summed E-state index contributed by atoms with van der Waals surface area (Å²) in [5.74, 6) is 0. The minimum atomic E-state index is -0.266. The SMILES string of the molecule is CCC1(c2ccc(C)cc2)COC(N)=N1. The number of hydrogen-bond donors (Lipinski definition) is 1. The Labute approximate surface area is 90.0 Å². The van der Waals surface area contributed by atoms with Crippen LogP contribution in [0.3, 0.4) is 0 Å². The number of nitrogens with two attached hydrogens (primary N) is 1. The molecule has 1 unspecified atom stereocenters. The van der Waals surface area contributed by atoms with Gasteiger partial charge in [0.15, 0.2) is 0 Å². The van der Waals surface area contributed by atoms with E-state index in [0.29, 0.717) is 12.6 Å². The van der Waals surface area contributed by atoms with Gasteiger partial charge in [-0.3, -0.25) is 0 Å². The summed E-state index contributed by atoms with van der Waals surface area (Å²) < 4.78 is 5.27. The van der Waals surface area contributed by atoms with Crippen LogP contribution in [0.25, 0.3) is 0 Å². The molecule has 1 aliphatic rings. The van der Waals surface area contributed by atoms with Gasteiger partial charge >= 0.3 is 0 Å². The predicted octanol–water partition coefficient (Wildman–Crippen LogP) is 1.95. The van der Waals surface area contributed by atoms with E-state index in [4.69, 9.17) is 10.5 Å². The van der Waals surface area contributed by atoms with Gasteiger partial charge in [0.1, 0.15) is 12.1 Å². The fourth-order valence-corrected chi connectivity index (χ4v) is 1.87. The summed E-state index contributed by atoms with van der Waals surface area (Å²) in [6, 6.07) is 8.69. The molecule has 0 aromatic heterocycles. The van der Waals surface area contributed by atoms with Crippen molar-refractivity contribution >= 4 is 6.02 Å². The number of ether oxygens (including phenoxy) is 1. The van der Waals surface area contributed by atoms with E-state index in [2.05, 4.69) is 43.1 Å². The molecule has 1 aromatic carbocycles. The maximum absolute atomic E-state index is 5.58. The van der Waals surface area contributed by atoms with Crippen LogP contribution < -0.4 is 5.73 Å². The standard InChI is InChI=1S/C12H16N2O/c1-3-12(8-15-11(13)14-12)10-6-4-9(2)5-7-10/h4-7H,3,8H2,1-2H3,(H2,13,14). The minimum absolute atomic E-state index is 0.266. The van der Waals surface area contributed by atoms with Gasteiger partial charge in [0.2, 0.25) is 0 Å². The maximum atomic E-state index is 5.58. The smallest absolute Gasteiger partial charge is 0.283 e. The van der Waals surface area contributed by atoms with Crippen LogP contribution in [0.1, 0.15) is 24.5 Å². The molecular weight excluding hydrogens is 188 g/mol. The minimum Gasteiger partial charge on any atom is -0.462 e. The molecule has 3 heteroatoms. The molecule has 0 saturated carbocycles. The van der Waals surface area contributed by atoms with E-state index in [0.717, 1.165) is 6.42 Å². The Morgan fingerprint density at radius 2 is 2.07 bits per heavy atom. The molecule has 3 nitrogen and oxygen atoms in total. The first-order valence-electron chi connectivity index (χ1n) is 5.21. The van der Waals surface area contributed by atoms with E-state index >= 15 is 0 Å². The van der Waals surface area contributed by atoms with Crippen LogP contribution in [0.4, 0.5) is 0 Å². The third-order valence-corrected chi connectivity index (χ3v) is 2.96. The monoisotopic (exact) mass is 204 g/mol. The lowest BCUT2D eigenvalue weighted by atomic mass is 9.89. The van der Waals surface area contributed by atoms with Crippen LogP contribution in [0.2, 0.25) is 0 Å². The Hall–Kier alpha value is -1.51. The summed E-state index contributed by atoms with van der Waals surface area (Å²) in [6.45, 7) is 4.73. The Kier molecular flexibility index (Phi) is 2.39. The number of nitrogens with zero attached hydrogens (tertiary/aromatic N) is 1. The van der Waals surface area contributed by atoms with Crippen LogP contribution in [0.5, 0.6) is 0 Å². The summed E-state index contributed by atoms with van der Waals surface area (Å²) in [5.41, 5.74) is 7.74. The van der Waals surface area contributed by atoms with Crippen LogP contribution in [0, 0.1) is 6.92 Å². The summed E-state index contributed by atoms with van der Waals surface area (Å²) in [7, 11) is 0. The van der Waals surface area contributed by atoms with Crippen molar-refractivity contribution in [1.29, 1.82) is 0 Å². The molecule has 1 aliphatic heterocycles. The predicted molar refractivity (Wildman–Crippen MR) is 60.7 cm³/mol. The second-order valence-corrected chi connectivity index (χ2v) is 3.99. The third kappa shape index (κ3) is 1.69. The van der Waals surface area contributed by atoms with E-state index in [-0.39, 0.29) is 5.54 Å². The number of hydrogen-bond acceptors (Lipinski definition) is 3. The number of amidine groups is 1. The zero-order chi connectivity index (χ0) is 10.9. The molecule has 80 valence electrons. The highest BCUT2D eigenvalue weighted by atomic mass is 16.5. The molecule has 2 rings (SSSR count). The lowest BCUT2D eigenvalue weighted by Crippen LogP contribution is -2.24. The van der Waals surface area contributed by atoms with Gasteiger partial charge < -0.3 is 10.5 Å². The Balaban J connectivity index is 2.39. The molecule has 2 N–H and O–H groups in total. The Bertz CT molecular complexity index is 383. The van der Waals surface area contributed by atoms with Gasteiger partial charge in [-0.1, -0.05) is 36.8 Å². The van der Waals surface area contributed by atoms with Crippen LogP contribution in [-0.2, 0) is 10.3 Å². The second-order valence-electron chi connectivity index (χ2n) is 3.99. The van der Waals surface area contributed by atoms with Crippen LogP contribution in [0.15, 0.2) is 29.3 Å². The molecule has 1 heterocycles. The van der Waals surface area contributed by atoms with Gasteiger partial charge in [-0.25, -0.2) is 4.99 Å². The highest BCUT2D eigenvalue weighted by Crippen LogP contribution is 2.33. The van der Waals surface area contributed by atoms with Crippen molar-refractivity contribution in [3.05, 3.63) is 35.4 Å². The molecule has 0 aliphatic carbocycles. The molecule has 0 bridgehead atoms. The van der Waals surface area contributed by atoms with Crippen molar-refractivity contribution in [2.24, 2.45) is 10.7 Å². The molecular formula is C12H16N2O. The highest BCUT2D eigenvalue weighted by molar-refractivity contribution is 5.74. The van der Waals surface area contributed by atoms with E-state index in [1.165, 1.54) is 11.1 Å². The number of aliphatic imine (C=N–C) groups is 1. The quantitative estimate of drug-likeness (QED) is 0.800. The average molecular weight is 204 g/mol. The lowest BCUT2D eigenvalue weighted by Gasteiger charge is -2.22. The van der Waals surface area contributed by atoms with Crippen molar-refractivity contribution in [2.75, 3.05) is 6.61 Å². The lowest BCUT2D eigenvalue weighted by molar-refractivity contribution is 0.249. The van der Waals surface area contributed by atoms with Crippen molar-refractivity contribution in [3.8, 4) is 0 Å². The molecule has 1 atom stereocenters. The first-order valence-corrected chi connectivity index (χ1v) is 5.21. The average Bonchev–Trinajstić information content (AvgIpc) is 2.62. The summed E-state index contributed by atoms with van der Waals surface area (Å²) >= 11 is 0. The number of rotatable bonds is 2. The fourth-order valence-electron chi connectivity index (χ4n) is 1.87. The summed E-state index contributed by atoms with van der Waals surface area (Å²) in [5, 5.41) is 0. The largest absolute Gasteiger partial charge is 0.462 e. The zero-order valence-electron chi connectivity index (χ0n) is 9.16. The van der Waals surface area contributed by atoms with Crippen molar-refractivity contribution in [3.63, 3.8) is 0 Å². The Morgan fingerprint density at radius 1 is 1.40 bits per heavy atom. The van der Waals surface area contributed by atoms with Crippen molar-refractivity contribution in [2.45, 2.75) is 25.8 Å². The van der Waals surface area contributed by atoms with Crippen LogP contribution in [-0.4, -0.2) is 12.6 Å². The molecule has 1 aromatic rings. The van der Waals surface area contributed by atoms with Gasteiger partial charge in [-0.15, -0.1) is 0 Å². The summed E-state index contributed by atoms with van der Waals surface area (Å²) in [4.78, 5) is 4.41. The molecule has 15 heavy (non-hydrogen) atoms. The van der Waals surface area contributed by atoms with E-state index in [1.807, 2.05) is 0 Å². The topological polar surface area (TPSA) is 47.6 Å². The zero-order valence-corrected chi connectivity index (χ0v) is 9.16. The van der Waals surface area contributed by atoms with Crippen LogP contribution >= 0.6 is 0 Å². The molecule has 0 saturated heterocycles. The molecule has 0 amide bonds. The highest BCUT2D eigenvalue weighted by Gasteiger charge is 2.35. The maximum Gasteiger partial charge on any atom is 0.283 e. The van der Waals surface area contributed by atoms with Gasteiger partial charge in [-0.2, -0.15) is 0 Å². The second kappa shape index (κ2) is 3.57. The Morgan fingerprint density at radius 3 is 2.53 bits per heavy atom. The van der Waals surface area contributed by atoms with Gasteiger partial charge in [0, 0.05) is 0 Å². The number of aryl methyl sites for hydroxylation is 1. The van der Waals surface area contributed by atoms with Gasteiger partial charge in [0.25, 0.3) is 6.02 Å². The summed E-state index contributed by atoms with van der Waals surface area (Å²) in [6.07, 6.45) is 0.900. The molecule has 0 spiro atoms. The third-order valence-electron chi connectivity index (χ3n) is 2.96. The first-order chi connectivity index (χ1) is 7.16. The van der Waals surface area contributed by atoms with Gasteiger partial charge in [-0.05, 0) is 18.9 Å². The fraction of sp³-hybridized carbons (Fsp3) is 0.417. The van der Waals surface area contributed by atoms with Gasteiger partial charge in [0.05, 0.1) is 0 Å². The van der Waals surface area contributed by atoms with E-state index < -0.39 is 0 Å². The number of benzene rings is 1. The van der Waals surface area contributed by atoms with E-state index in [9.17, 15) is 0 Å². The normalized spacial score (nSPS) is 24.8. The first kappa shape index (κ1) is 10.0. The van der Waals surface area contributed by atoms with E-state index in [1.54, 1.807) is 0 Å². The molecule has 0 radical (unpaired) electrons. The van der Waals surface area contributed by atoms with Crippen molar-refractivity contribution in [1.82, 2.24) is 0 Å². The van der Waals surface area contributed by atoms with Crippen molar-refractivity contribution < 1.29 is 4.74 Å².